The van der Waals surface area contributed by atoms with Crippen molar-refractivity contribution in [2.24, 2.45) is 0 Å². The quantitative estimate of drug-likeness (QED) is 0.368. The van der Waals surface area contributed by atoms with Crippen LogP contribution in [0.3, 0.4) is 0 Å². The molecule has 6 heteroatoms. The van der Waals surface area contributed by atoms with Crippen LogP contribution in [0.25, 0.3) is 11.5 Å². The van der Waals surface area contributed by atoms with Gasteiger partial charge in [-0.05, 0) is 59.7 Å². The molecule has 0 radical (unpaired) electrons. The Hall–Kier alpha value is -3.95. The highest BCUT2D eigenvalue weighted by Gasteiger charge is 2.13. The fourth-order valence-corrected chi connectivity index (χ4v) is 3.48. The molecule has 0 unspecified atom stereocenters. The van der Waals surface area contributed by atoms with E-state index in [2.05, 4.69) is 16.0 Å². The molecule has 4 aromatic rings. The number of hydrogen-bond acceptors (Lipinski definition) is 5. The van der Waals surface area contributed by atoms with Crippen molar-refractivity contribution in [1.82, 2.24) is 9.88 Å². The number of methoxy groups -OCH3 is 1. The summed E-state index contributed by atoms with van der Waals surface area (Å²) in [6.07, 6.45) is 1.65. The Morgan fingerprint density at radius 1 is 0.969 bits per heavy atom. The zero-order valence-corrected chi connectivity index (χ0v) is 17.7. The lowest BCUT2D eigenvalue weighted by Gasteiger charge is -2.21. The van der Waals surface area contributed by atoms with E-state index in [1.807, 2.05) is 42.5 Å². The third kappa shape index (κ3) is 5.39. The van der Waals surface area contributed by atoms with Crippen LogP contribution in [0.1, 0.15) is 22.4 Å². The summed E-state index contributed by atoms with van der Waals surface area (Å²) in [4.78, 5) is 6.80. The first-order chi connectivity index (χ1) is 15.6. The maximum atomic E-state index is 13.7. The first-order valence-electron chi connectivity index (χ1n) is 10.2. The van der Waals surface area contributed by atoms with Crippen LogP contribution in [0, 0.1) is 17.1 Å². The summed E-state index contributed by atoms with van der Waals surface area (Å²) in [7, 11) is 1.62. The summed E-state index contributed by atoms with van der Waals surface area (Å²) in [5.74, 6) is 1.04. The summed E-state index contributed by atoms with van der Waals surface area (Å²) in [5.41, 5.74) is 4.18. The second-order valence-corrected chi connectivity index (χ2v) is 7.46. The van der Waals surface area contributed by atoms with E-state index in [1.165, 1.54) is 12.1 Å². The van der Waals surface area contributed by atoms with Crippen LogP contribution in [0.4, 0.5) is 4.39 Å². The summed E-state index contributed by atoms with van der Waals surface area (Å²) in [5, 5.41) is 9.03. The van der Waals surface area contributed by atoms with Gasteiger partial charge in [0.1, 0.15) is 17.8 Å². The van der Waals surface area contributed by atoms with Crippen LogP contribution >= 0.6 is 0 Å². The number of ether oxygens (including phenoxy) is 1. The first-order valence-corrected chi connectivity index (χ1v) is 10.2. The lowest BCUT2D eigenvalue weighted by Crippen LogP contribution is -2.22. The number of nitrogens with zero attached hydrogens (tertiary/aromatic N) is 3. The molecule has 0 aliphatic heterocycles. The number of aromatic nitrogens is 1. The molecule has 1 aromatic heterocycles. The minimum absolute atomic E-state index is 0.260. The maximum absolute atomic E-state index is 13.7. The number of nitriles is 1. The van der Waals surface area contributed by atoms with E-state index in [9.17, 15) is 4.39 Å². The van der Waals surface area contributed by atoms with Crippen LogP contribution in [0.5, 0.6) is 5.75 Å². The van der Waals surface area contributed by atoms with Crippen molar-refractivity contribution in [2.45, 2.75) is 19.6 Å². The molecule has 0 aliphatic carbocycles. The highest BCUT2D eigenvalue weighted by molar-refractivity contribution is 5.54. The topological polar surface area (TPSA) is 62.3 Å². The van der Waals surface area contributed by atoms with E-state index in [1.54, 1.807) is 31.6 Å². The minimum atomic E-state index is -0.260. The van der Waals surface area contributed by atoms with Crippen molar-refractivity contribution in [1.29, 1.82) is 5.26 Å². The Morgan fingerprint density at radius 3 is 2.41 bits per heavy atom. The van der Waals surface area contributed by atoms with Gasteiger partial charge in [-0.3, -0.25) is 4.90 Å². The molecule has 0 fully saturated rings. The van der Waals surface area contributed by atoms with Crippen LogP contribution in [0.2, 0.25) is 0 Å². The molecule has 0 amide bonds. The zero-order valence-electron chi connectivity index (χ0n) is 17.7. The normalized spacial score (nSPS) is 10.8. The molecular weight excluding hydrogens is 405 g/mol. The molecule has 1 heterocycles. The Balaban J connectivity index is 1.53. The lowest BCUT2D eigenvalue weighted by molar-refractivity contribution is 0.244. The minimum Gasteiger partial charge on any atom is -0.497 e. The van der Waals surface area contributed by atoms with E-state index in [-0.39, 0.29) is 5.82 Å². The molecule has 0 saturated carbocycles. The highest BCUT2D eigenvalue weighted by Crippen LogP contribution is 2.23. The van der Waals surface area contributed by atoms with Crippen molar-refractivity contribution in [2.75, 3.05) is 7.11 Å². The molecule has 0 atom stereocenters. The number of rotatable bonds is 8. The van der Waals surface area contributed by atoms with Crippen molar-refractivity contribution >= 4 is 0 Å². The monoisotopic (exact) mass is 427 g/mol. The van der Waals surface area contributed by atoms with Crippen LogP contribution in [-0.4, -0.2) is 17.0 Å². The average Bonchev–Trinajstić information content (AvgIpc) is 3.28. The SMILES string of the molecule is COc1ccc(-c2nc(CN(Cc3ccc(C#N)cc3)Cc3cccc(F)c3)co2)cc1. The fourth-order valence-electron chi connectivity index (χ4n) is 3.48. The molecule has 0 aliphatic rings. The van der Waals surface area contributed by atoms with E-state index in [0.29, 0.717) is 31.1 Å². The number of halogens is 1. The van der Waals surface area contributed by atoms with Gasteiger partial charge >= 0.3 is 0 Å². The van der Waals surface area contributed by atoms with Gasteiger partial charge in [-0.25, -0.2) is 9.37 Å². The van der Waals surface area contributed by atoms with E-state index < -0.39 is 0 Å². The third-order valence-corrected chi connectivity index (χ3v) is 5.06. The summed E-state index contributed by atoms with van der Waals surface area (Å²) < 4.78 is 24.6. The molecule has 4 rings (SSSR count). The fraction of sp³-hybridized carbons (Fsp3) is 0.154. The predicted molar refractivity (Wildman–Crippen MR) is 119 cm³/mol. The van der Waals surface area contributed by atoms with E-state index in [4.69, 9.17) is 14.4 Å². The van der Waals surface area contributed by atoms with Gasteiger partial charge in [0.05, 0.1) is 24.4 Å². The Morgan fingerprint density at radius 2 is 1.72 bits per heavy atom. The van der Waals surface area contributed by atoms with Crippen LogP contribution in [0.15, 0.2) is 83.5 Å². The third-order valence-electron chi connectivity index (χ3n) is 5.06. The molecule has 32 heavy (non-hydrogen) atoms. The van der Waals surface area contributed by atoms with Gasteiger partial charge in [0.25, 0.3) is 0 Å². The highest BCUT2D eigenvalue weighted by atomic mass is 19.1. The smallest absolute Gasteiger partial charge is 0.226 e. The van der Waals surface area contributed by atoms with Gasteiger partial charge in [0.15, 0.2) is 0 Å². The molecule has 0 saturated heterocycles. The summed E-state index contributed by atoms with van der Waals surface area (Å²) in [6, 6.07) is 23.7. The Kier molecular flexibility index (Phi) is 6.59. The summed E-state index contributed by atoms with van der Waals surface area (Å²) in [6.45, 7) is 1.69. The van der Waals surface area contributed by atoms with Gasteiger partial charge in [-0.1, -0.05) is 24.3 Å². The average molecular weight is 427 g/mol. The number of oxazole rings is 1. The second-order valence-electron chi connectivity index (χ2n) is 7.46. The Labute approximate surface area is 186 Å². The van der Waals surface area contributed by atoms with Gasteiger partial charge in [-0.2, -0.15) is 5.26 Å². The van der Waals surface area contributed by atoms with Crippen molar-refractivity contribution in [3.8, 4) is 23.3 Å². The summed E-state index contributed by atoms with van der Waals surface area (Å²) >= 11 is 0. The molecule has 160 valence electrons. The van der Waals surface area contributed by atoms with Crippen LogP contribution < -0.4 is 4.74 Å². The van der Waals surface area contributed by atoms with Crippen molar-refractivity contribution < 1.29 is 13.5 Å². The second kappa shape index (κ2) is 9.90. The van der Waals surface area contributed by atoms with E-state index in [0.717, 1.165) is 28.1 Å². The van der Waals surface area contributed by atoms with Crippen LogP contribution in [-0.2, 0) is 19.6 Å². The van der Waals surface area contributed by atoms with E-state index >= 15 is 0 Å². The lowest BCUT2D eigenvalue weighted by atomic mass is 10.1. The number of benzene rings is 3. The largest absolute Gasteiger partial charge is 0.497 e. The molecule has 5 nitrogen and oxygen atoms in total. The first kappa shape index (κ1) is 21.3. The maximum Gasteiger partial charge on any atom is 0.226 e. The van der Waals surface area contributed by atoms with Gasteiger partial charge in [-0.15, -0.1) is 0 Å². The van der Waals surface area contributed by atoms with Gasteiger partial charge in [0.2, 0.25) is 5.89 Å². The van der Waals surface area contributed by atoms with Gasteiger partial charge in [0, 0.05) is 25.2 Å². The zero-order chi connectivity index (χ0) is 22.3. The van der Waals surface area contributed by atoms with Crippen molar-refractivity contribution in [3.63, 3.8) is 0 Å². The number of hydrogen-bond donors (Lipinski definition) is 0. The standard InChI is InChI=1S/C26H22FN3O2/c1-31-25-11-9-22(10-12-25)26-29-24(18-32-26)17-30(16-21-3-2-4-23(27)13-21)15-20-7-5-19(14-28)6-8-20/h2-13,18H,15-17H2,1H3. The molecule has 3 aromatic carbocycles. The molecule has 0 N–H and O–H groups in total. The molecule has 0 bridgehead atoms. The molecular formula is C26H22FN3O2. The van der Waals surface area contributed by atoms with Gasteiger partial charge < -0.3 is 9.15 Å². The predicted octanol–water partition coefficient (Wildman–Crippen LogP) is 5.56. The van der Waals surface area contributed by atoms with Crippen molar-refractivity contribution in [3.05, 3.63) is 107 Å². The Bertz CT molecular complexity index is 1210. The molecule has 0 spiro atoms.